The molecule has 0 aliphatic carbocycles. The van der Waals surface area contributed by atoms with Gasteiger partial charge in [0.15, 0.2) is 0 Å². The topological polar surface area (TPSA) is 73.1 Å². The number of benzene rings is 1. The summed E-state index contributed by atoms with van der Waals surface area (Å²) >= 11 is 0. The minimum atomic E-state index is -0.833. The lowest BCUT2D eigenvalue weighted by Gasteiger charge is -2.16. The molecule has 0 saturated heterocycles. The lowest BCUT2D eigenvalue weighted by Crippen LogP contribution is -2.37. The molecule has 0 aliphatic rings. The van der Waals surface area contributed by atoms with Crippen LogP contribution in [0.2, 0.25) is 0 Å². The zero-order valence-corrected chi connectivity index (χ0v) is 10.7. The summed E-state index contributed by atoms with van der Waals surface area (Å²) in [6, 6.07) is 8.69. The van der Waals surface area contributed by atoms with Gasteiger partial charge in [-0.15, -0.1) is 0 Å². The van der Waals surface area contributed by atoms with E-state index in [1.165, 1.54) is 0 Å². The standard InChI is InChI=1S/C14H18N2O2/c1-10(2)6-13(14(17)18)16-9-12-5-3-4-11(7-12)8-15/h3-5,7,10,13,16H,6,9H2,1-2H3,(H,17,18)/t13-/m1/s1. The van der Waals surface area contributed by atoms with Crippen LogP contribution < -0.4 is 5.32 Å². The Kier molecular flexibility index (Phi) is 5.34. The number of hydrogen-bond acceptors (Lipinski definition) is 3. The molecule has 1 atom stereocenters. The highest BCUT2D eigenvalue weighted by molar-refractivity contribution is 5.73. The molecule has 0 heterocycles. The number of rotatable bonds is 6. The first-order chi connectivity index (χ1) is 8.52. The van der Waals surface area contributed by atoms with Crippen LogP contribution in [0.5, 0.6) is 0 Å². The van der Waals surface area contributed by atoms with Crippen molar-refractivity contribution in [2.75, 3.05) is 0 Å². The second-order valence-corrected chi connectivity index (χ2v) is 4.71. The Morgan fingerprint density at radius 3 is 2.78 bits per heavy atom. The van der Waals surface area contributed by atoms with Gasteiger partial charge in [0.1, 0.15) is 6.04 Å². The molecule has 96 valence electrons. The van der Waals surface area contributed by atoms with E-state index in [4.69, 9.17) is 10.4 Å². The van der Waals surface area contributed by atoms with Gasteiger partial charge in [0.25, 0.3) is 0 Å². The van der Waals surface area contributed by atoms with Gasteiger partial charge in [0.05, 0.1) is 11.6 Å². The van der Waals surface area contributed by atoms with Gasteiger partial charge in [0, 0.05) is 6.54 Å². The van der Waals surface area contributed by atoms with Gasteiger partial charge < -0.3 is 10.4 Å². The fourth-order valence-corrected chi connectivity index (χ4v) is 1.73. The number of nitrogens with zero attached hydrogens (tertiary/aromatic N) is 1. The van der Waals surface area contributed by atoms with Crippen LogP contribution in [-0.2, 0) is 11.3 Å². The smallest absolute Gasteiger partial charge is 0.320 e. The van der Waals surface area contributed by atoms with Crippen molar-refractivity contribution in [3.63, 3.8) is 0 Å². The summed E-state index contributed by atoms with van der Waals surface area (Å²) < 4.78 is 0. The minimum absolute atomic E-state index is 0.323. The SMILES string of the molecule is CC(C)C[C@@H](NCc1cccc(C#N)c1)C(=O)O. The number of carboxylic acid groups (broad SMARTS) is 1. The van der Waals surface area contributed by atoms with E-state index in [1.54, 1.807) is 18.2 Å². The first kappa shape index (κ1) is 14.2. The molecule has 0 radical (unpaired) electrons. The van der Waals surface area contributed by atoms with Crippen molar-refractivity contribution in [2.24, 2.45) is 5.92 Å². The molecule has 0 amide bonds. The molecule has 4 heteroatoms. The molecular formula is C14H18N2O2. The Morgan fingerprint density at radius 1 is 1.50 bits per heavy atom. The van der Waals surface area contributed by atoms with E-state index in [9.17, 15) is 4.79 Å². The molecule has 1 rings (SSSR count). The third kappa shape index (κ3) is 4.56. The summed E-state index contributed by atoms with van der Waals surface area (Å²) in [4.78, 5) is 11.1. The second-order valence-electron chi connectivity index (χ2n) is 4.71. The Bertz CT molecular complexity index is 449. The van der Waals surface area contributed by atoms with E-state index in [1.807, 2.05) is 19.9 Å². The Morgan fingerprint density at radius 2 is 2.22 bits per heavy atom. The van der Waals surface area contributed by atoms with Gasteiger partial charge >= 0.3 is 5.97 Å². The highest BCUT2D eigenvalue weighted by Crippen LogP contribution is 2.08. The number of nitriles is 1. The van der Waals surface area contributed by atoms with Crippen LogP contribution in [0, 0.1) is 17.2 Å². The van der Waals surface area contributed by atoms with E-state index < -0.39 is 12.0 Å². The van der Waals surface area contributed by atoms with Crippen LogP contribution in [-0.4, -0.2) is 17.1 Å². The molecule has 4 nitrogen and oxygen atoms in total. The molecule has 0 fully saturated rings. The molecule has 0 aromatic heterocycles. The molecule has 1 aromatic carbocycles. The quantitative estimate of drug-likeness (QED) is 0.806. The summed E-state index contributed by atoms with van der Waals surface area (Å²) in [7, 11) is 0. The number of aliphatic carboxylic acids is 1. The van der Waals surface area contributed by atoms with Gasteiger partial charge in [-0.05, 0) is 30.0 Å². The maximum Gasteiger partial charge on any atom is 0.320 e. The fraction of sp³-hybridized carbons (Fsp3) is 0.429. The van der Waals surface area contributed by atoms with Crippen LogP contribution in [0.1, 0.15) is 31.4 Å². The molecule has 0 aliphatic heterocycles. The lowest BCUT2D eigenvalue weighted by atomic mass is 10.0. The van der Waals surface area contributed by atoms with Crippen LogP contribution in [0.3, 0.4) is 0 Å². The van der Waals surface area contributed by atoms with Gasteiger partial charge in [-0.2, -0.15) is 5.26 Å². The molecule has 0 bridgehead atoms. The number of hydrogen-bond donors (Lipinski definition) is 2. The van der Waals surface area contributed by atoms with E-state index in [0.29, 0.717) is 24.4 Å². The van der Waals surface area contributed by atoms with Crippen molar-refractivity contribution in [3.8, 4) is 6.07 Å². The van der Waals surface area contributed by atoms with Crippen LogP contribution >= 0.6 is 0 Å². The third-order valence-corrected chi connectivity index (χ3v) is 2.61. The zero-order valence-electron chi connectivity index (χ0n) is 10.7. The molecule has 2 N–H and O–H groups in total. The van der Waals surface area contributed by atoms with Crippen LogP contribution in [0.25, 0.3) is 0 Å². The first-order valence-corrected chi connectivity index (χ1v) is 5.98. The van der Waals surface area contributed by atoms with Crippen molar-refractivity contribution >= 4 is 5.97 Å². The molecule has 18 heavy (non-hydrogen) atoms. The summed E-state index contributed by atoms with van der Waals surface area (Å²) in [5.41, 5.74) is 1.51. The Hall–Kier alpha value is -1.86. The van der Waals surface area contributed by atoms with Crippen molar-refractivity contribution in [1.82, 2.24) is 5.32 Å². The third-order valence-electron chi connectivity index (χ3n) is 2.61. The average molecular weight is 246 g/mol. The highest BCUT2D eigenvalue weighted by atomic mass is 16.4. The molecular weight excluding hydrogens is 228 g/mol. The maximum atomic E-state index is 11.1. The van der Waals surface area contributed by atoms with Crippen molar-refractivity contribution in [3.05, 3.63) is 35.4 Å². The molecule has 0 spiro atoms. The van der Waals surface area contributed by atoms with E-state index >= 15 is 0 Å². The normalized spacial score (nSPS) is 12.1. The predicted octanol–water partition coefficient (Wildman–Crippen LogP) is 2.15. The highest BCUT2D eigenvalue weighted by Gasteiger charge is 2.17. The monoisotopic (exact) mass is 246 g/mol. The fourth-order valence-electron chi connectivity index (χ4n) is 1.73. The predicted molar refractivity (Wildman–Crippen MR) is 68.9 cm³/mol. The number of carbonyl (C=O) groups is 1. The average Bonchev–Trinajstić information content (AvgIpc) is 2.34. The number of carboxylic acids is 1. The van der Waals surface area contributed by atoms with Gasteiger partial charge in [-0.3, -0.25) is 4.79 Å². The molecule has 0 unspecified atom stereocenters. The Labute approximate surface area is 107 Å². The van der Waals surface area contributed by atoms with Crippen LogP contribution in [0.4, 0.5) is 0 Å². The largest absolute Gasteiger partial charge is 0.480 e. The second kappa shape index (κ2) is 6.77. The molecule has 1 aromatic rings. The Balaban J connectivity index is 2.61. The molecule has 0 saturated carbocycles. The minimum Gasteiger partial charge on any atom is -0.480 e. The summed E-state index contributed by atoms with van der Waals surface area (Å²) in [5.74, 6) is -0.510. The van der Waals surface area contributed by atoms with Gasteiger partial charge in [-0.1, -0.05) is 26.0 Å². The summed E-state index contributed by atoms with van der Waals surface area (Å²) in [5, 5.41) is 20.9. The van der Waals surface area contributed by atoms with Gasteiger partial charge in [-0.25, -0.2) is 0 Å². The van der Waals surface area contributed by atoms with Crippen LogP contribution in [0.15, 0.2) is 24.3 Å². The van der Waals surface area contributed by atoms with E-state index in [2.05, 4.69) is 11.4 Å². The van der Waals surface area contributed by atoms with Crippen molar-refractivity contribution in [1.29, 1.82) is 5.26 Å². The summed E-state index contributed by atoms with van der Waals surface area (Å²) in [6.07, 6.45) is 0.591. The lowest BCUT2D eigenvalue weighted by molar-refractivity contribution is -0.140. The van der Waals surface area contributed by atoms with Crippen molar-refractivity contribution in [2.45, 2.75) is 32.9 Å². The number of nitrogens with one attached hydrogen (secondary N) is 1. The first-order valence-electron chi connectivity index (χ1n) is 5.98. The zero-order chi connectivity index (χ0) is 13.5. The van der Waals surface area contributed by atoms with Crippen molar-refractivity contribution < 1.29 is 9.90 Å². The van der Waals surface area contributed by atoms with Gasteiger partial charge in [0.2, 0.25) is 0 Å². The maximum absolute atomic E-state index is 11.1. The van der Waals surface area contributed by atoms with E-state index in [-0.39, 0.29) is 0 Å². The van der Waals surface area contributed by atoms with E-state index in [0.717, 1.165) is 5.56 Å². The summed E-state index contributed by atoms with van der Waals surface area (Å²) in [6.45, 7) is 4.45.